The molecule has 2 aromatic rings. The standard InChI is InChI=1S/C10H8ClN3O2/c1-12-8-6-4-2-3-5-7(6)13-10(11)9(8)14(15)16/h2-5H,1H3,(H,12,13). The lowest BCUT2D eigenvalue weighted by molar-refractivity contribution is -0.384. The van der Waals surface area contributed by atoms with Crippen LogP contribution in [0.5, 0.6) is 0 Å². The maximum absolute atomic E-state index is 10.9. The number of pyridine rings is 1. The highest BCUT2D eigenvalue weighted by atomic mass is 35.5. The molecule has 0 aliphatic heterocycles. The van der Waals surface area contributed by atoms with Crippen LogP contribution in [0.25, 0.3) is 10.9 Å². The molecule has 1 N–H and O–H groups in total. The van der Waals surface area contributed by atoms with E-state index in [1.54, 1.807) is 31.3 Å². The van der Waals surface area contributed by atoms with Gasteiger partial charge < -0.3 is 5.32 Å². The van der Waals surface area contributed by atoms with Gasteiger partial charge in [0.2, 0.25) is 5.15 Å². The smallest absolute Gasteiger partial charge is 0.329 e. The number of nitrogens with zero attached hydrogens (tertiary/aromatic N) is 2. The van der Waals surface area contributed by atoms with Gasteiger partial charge in [-0.3, -0.25) is 10.1 Å². The Morgan fingerprint density at radius 3 is 2.75 bits per heavy atom. The molecule has 82 valence electrons. The molecule has 0 atom stereocenters. The van der Waals surface area contributed by atoms with Gasteiger partial charge in [-0.2, -0.15) is 0 Å². The van der Waals surface area contributed by atoms with Crippen molar-refractivity contribution < 1.29 is 4.92 Å². The number of nitro groups is 1. The maximum Gasteiger partial charge on any atom is 0.329 e. The summed E-state index contributed by atoms with van der Waals surface area (Å²) in [4.78, 5) is 14.3. The Bertz CT molecular complexity index is 571. The predicted molar refractivity (Wildman–Crippen MR) is 63.0 cm³/mol. The Balaban J connectivity index is 2.90. The van der Waals surface area contributed by atoms with Gasteiger partial charge >= 0.3 is 5.69 Å². The Hall–Kier alpha value is -1.88. The minimum absolute atomic E-state index is 0.104. The van der Waals surface area contributed by atoms with E-state index >= 15 is 0 Å². The van der Waals surface area contributed by atoms with E-state index in [4.69, 9.17) is 11.6 Å². The fourth-order valence-electron chi connectivity index (χ4n) is 1.59. The minimum Gasteiger partial charge on any atom is -0.382 e. The number of anilines is 1. The van der Waals surface area contributed by atoms with Gasteiger partial charge in [0.1, 0.15) is 5.69 Å². The third-order valence-electron chi connectivity index (χ3n) is 2.26. The molecular weight excluding hydrogens is 230 g/mol. The van der Waals surface area contributed by atoms with Gasteiger partial charge in [0, 0.05) is 12.4 Å². The van der Waals surface area contributed by atoms with Gasteiger partial charge in [0.25, 0.3) is 0 Å². The van der Waals surface area contributed by atoms with E-state index in [0.29, 0.717) is 16.6 Å². The number of fused-ring (bicyclic) bond motifs is 1. The molecule has 5 nitrogen and oxygen atoms in total. The van der Waals surface area contributed by atoms with Crippen LogP contribution in [0.3, 0.4) is 0 Å². The van der Waals surface area contributed by atoms with Crippen LogP contribution in [-0.2, 0) is 0 Å². The van der Waals surface area contributed by atoms with Gasteiger partial charge in [-0.1, -0.05) is 29.8 Å². The van der Waals surface area contributed by atoms with Gasteiger partial charge in [0.05, 0.1) is 10.4 Å². The summed E-state index contributed by atoms with van der Waals surface area (Å²) in [6.07, 6.45) is 0. The second-order valence-corrected chi connectivity index (χ2v) is 3.51. The number of hydrogen-bond acceptors (Lipinski definition) is 4. The third kappa shape index (κ3) is 1.55. The van der Waals surface area contributed by atoms with Crippen LogP contribution in [0.15, 0.2) is 24.3 Å². The first kappa shape index (κ1) is 10.6. The summed E-state index contributed by atoms with van der Waals surface area (Å²) in [5.74, 6) is 0. The number of benzene rings is 1. The van der Waals surface area contributed by atoms with Crippen molar-refractivity contribution in [1.82, 2.24) is 4.98 Å². The number of para-hydroxylation sites is 1. The van der Waals surface area contributed by atoms with E-state index in [0.717, 1.165) is 0 Å². The van der Waals surface area contributed by atoms with Crippen LogP contribution in [-0.4, -0.2) is 17.0 Å². The first-order valence-electron chi connectivity index (χ1n) is 4.55. The van der Waals surface area contributed by atoms with Crippen LogP contribution >= 0.6 is 11.6 Å². The zero-order valence-corrected chi connectivity index (χ0v) is 9.15. The molecule has 0 bridgehead atoms. The summed E-state index contributed by atoms with van der Waals surface area (Å²) in [5, 5.41) is 14.3. The van der Waals surface area contributed by atoms with Crippen LogP contribution < -0.4 is 5.32 Å². The van der Waals surface area contributed by atoms with Crippen LogP contribution in [0.4, 0.5) is 11.4 Å². The topological polar surface area (TPSA) is 68.1 Å². The van der Waals surface area contributed by atoms with Gasteiger partial charge in [-0.15, -0.1) is 0 Å². The lowest BCUT2D eigenvalue weighted by atomic mass is 10.1. The van der Waals surface area contributed by atoms with Crippen molar-refractivity contribution in [2.45, 2.75) is 0 Å². The van der Waals surface area contributed by atoms with Crippen molar-refractivity contribution in [3.05, 3.63) is 39.5 Å². The van der Waals surface area contributed by atoms with E-state index in [2.05, 4.69) is 10.3 Å². The Morgan fingerprint density at radius 1 is 1.44 bits per heavy atom. The van der Waals surface area contributed by atoms with Gasteiger partial charge in [-0.25, -0.2) is 4.98 Å². The summed E-state index contributed by atoms with van der Waals surface area (Å²) < 4.78 is 0. The van der Waals surface area contributed by atoms with Crippen LogP contribution in [0.1, 0.15) is 0 Å². The van der Waals surface area contributed by atoms with Crippen molar-refractivity contribution in [3.63, 3.8) is 0 Å². The van der Waals surface area contributed by atoms with Gasteiger partial charge in [-0.05, 0) is 6.07 Å². The SMILES string of the molecule is CNc1c([N+](=O)[O-])c(Cl)nc2ccccc12. The Kier molecular flexibility index (Phi) is 2.62. The highest BCUT2D eigenvalue weighted by Gasteiger charge is 2.22. The zero-order chi connectivity index (χ0) is 11.7. The molecule has 0 saturated carbocycles. The quantitative estimate of drug-likeness (QED) is 0.495. The molecule has 0 radical (unpaired) electrons. The van der Waals surface area contributed by atoms with Crippen molar-refractivity contribution >= 4 is 33.9 Å². The average Bonchev–Trinajstić information content (AvgIpc) is 2.26. The van der Waals surface area contributed by atoms with Gasteiger partial charge in [0.15, 0.2) is 0 Å². The molecule has 6 heteroatoms. The monoisotopic (exact) mass is 237 g/mol. The molecule has 1 aromatic heterocycles. The number of rotatable bonds is 2. The molecule has 0 aliphatic rings. The van der Waals surface area contributed by atoms with Crippen molar-refractivity contribution in [2.75, 3.05) is 12.4 Å². The fraction of sp³-hybridized carbons (Fsp3) is 0.100. The summed E-state index contributed by atoms with van der Waals surface area (Å²) >= 11 is 5.79. The van der Waals surface area contributed by atoms with Crippen molar-refractivity contribution in [1.29, 1.82) is 0 Å². The molecule has 0 amide bonds. The van der Waals surface area contributed by atoms with E-state index in [-0.39, 0.29) is 10.8 Å². The van der Waals surface area contributed by atoms with E-state index in [1.165, 1.54) is 0 Å². The number of nitrogens with one attached hydrogen (secondary N) is 1. The number of halogens is 1. The minimum atomic E-state index is -0.534. The lowest BCUT2D eigenvalue weighted by Gasteiger charge is -2.07. The second kappa shape index (κ2) is 3.94. The molecule has 2 rings (SSSR count). The van der Waals surface area contributed by atoms with Crippen molar-refractivity contribution in [2.24, 2.45) is 0 Å². The van der Waals surface area contributed by atoms with E-state index in [9.17, 15) is 10.1 Å². The molecule has 0 fully saturated rings. The maximum atomic E-state index is 10.9. The number of hydrogen-bond donors (Lipinski definition) is 1. The molecule has 16 heavy (non-hydrogen) atoms. The van der Waals surface area contributed by atoms with Crippen LogP contribution in [0, 0.1) is 10.1 Å². The van der Waals surface area contributed by atoms with E-state index in [1.807, 2.05) is 0 Å². The third-order valence-corrected chi connectivity index (χ3v) is 2.52. The largest absolute Gasteiger partial charge is 0.382 e. The fourth-order valence-corrected chi connectivity index (χ4v) is 1.85. The van der Waals surface area contributed by atoms with E-state index < -0.39 is 4.92 Å². The molecule has 0 spiro atoms. The Labute approximate surface area is 96.2 Å². The predicted octanol–water partition coefficient (Wildman–Crippen LogP) is 2.84. The average molecular weight is 238 g/mol. The molecule has 0 aliphatic carbocycles. The molecule has 1 aromatic carbocycles. The normalized spacial score (nSPS) is 10.4. The summed E-state index contributed by atoms with van der Waals surface area (Å²) in [6, 6.07) is 7.11. The first-order valence-corrected chi connectivity index (χ1v) is 4.93. The first-order chi connectivity index (χ1) is 7.65. The molecular formula is C10H8ClN3O2. The summed E-state index contributed by atoms with van der Waals surface area (Å²) in [6.45, 7) is 0. The lowest BCUT2D eigenvalue weighted by Crippen LogP contribution is -2.00. The summed E-state index contributed by atoms with van der Waals surface area (Å²) in [5.41, 5.74) is 0.825. The molecule has 0 saturated heterocycles. The second-order valence-electron chi connectivity index (χ2n) is 3.15. The molecule has 1 heterocycles. The van der Waals surface area contributed by atoms with Crippen LogP contribution in [0.2, 0.25) is 5.15 Å². The zero-order valence-electron chi connectivity index (χ0n) is 8.40. The highest BCUT2D eigenvalue weighted by molar-refractivity contribution is 6.33. The summed E-state index contributed by atoms with van der Waals surface area (Å²) in [7, 11) is 1.62. The van der Waals surface area contributed by atoms with Crippen molar-refractivity contribution in [3.8, 4) is 0 Å². The Morgan fingerprint density at radius 2 is 2.12 bits per heavy atom. The number of aromatic nitrogens is 1. The highest BCUT2D eigenvalue weighted by Crippen LogP contribution is 2.36. The molecule has 0 unspecified atom stereocenters.